The maximum Gasteiger partial charge on any atom is 0.183 e. The molecule has 0 atom stereocenters. The normalized spacial score (nSPS) is 10.3. The summed E-state index contributed by atoms with van der Waals surface area (Å²) in [5.74, 6) is 1.01. The van der Waals surface area contributed by atoms with E-state index in [1.165, 1.54) is 6.07 Å². The van der Waals surface area contributed by atoms with E-state index >= 15 is 0 Å². The number of benzene rings is 1. The maximum absolute atomic E-state index is 13.5. The van der Waals surface area contributed by atoms with Crippen LogP contribution in [0.3, 0.4) is 0 Å². The second-order valence-electron chi connectivity index (χ2n) is 4.19. The van der Waals surface area contributed by atoms with Crippen LogP contribution in [0.25, 0.3) is 0 Å². The van der Waals surface area contributed by atoms with Gasteiger partial charge in [-0.1, -0.05) is 18.2 Å². The van der Waals surface area contributed by atoms with Gasteiger partial charge in [0.25, 0.3) is 0 Å². The van der Waals surface area contributed by atoms with Gasteiger partial charge in [-0.25, -0.2) is 4.39 Å². The number of aromatic nitrogens is 1. The third kappa shape index (κ3) is 3.24. The molecule has 1 aromatic carbocycles. The molecule has 0 saturated heterocycles. The Labute approximate surface area is 117 Å². The Morgan fingerprint density at radius 3 is 2.60 bits per heavy atom. The van der Waals surface area contributed by atoms with Crippen LogP contribution in [-0.4, -0.2) is 19.2 Å². The highest BCUT2D eigenvalue weighted by atomic mass is 19.1. The summed E-state index contributed by atoms with van der Waals surface area (Å²) in [5.41, 5.74) is 1.34. The summed E-state index contributed by atoms with van der Waals surface area (Å²) in [6.45, 7) is 0.892. The first-order valence-electron chi connectivity index (χ1n) is 6.26. The second-order valence-corrected chi connectivity index (χ2v) is 4.19. The number of hydrogen-bond donors (Lipinski definition) is 1. The van der Waals surface area contributed by atoms with Gasteiger partial charge in [0.15, 0.2) is 11.5 Å². The lowest BCUT2D eigenvalue weighted by atomic mass is 10.2. The lowest BCUT2D eigenvalue weighted by Crippen LogP contribution is -2.15. The van der Waals surface area contributed by atoms with Crippen molar-refractivity contribution in [3.05, 3.63) is 53.6 Å². The van der Waals surface area contributed by atoms with Gasteiger partial charge in [0.2, 0.25) is 0 Å². The van der Waals surface area contributed by atoms with E-state index in [1.54, 1.807) is 38.6 Å². The van der Waals surface area contributed by atoms with E-state index in [-0.39, 0.29) is 5.82 Å². The lowest BCUT2D eigenvalue weighted by molar-refractivity contribution is 0.348. The van der Waals surface area contributed by atoms with Gasteiger partial charge in [0.05, 0.1) is 19.9 Å². The van der Waals surface area contributed by atoms with Crippen LogP contribution >= 0.6 is 0 Å². The Morgan fingerprint density at radius 1 is 1.10 bits per heavy atom. The minimum Gasteiger partial charge on any atom is -0.493 e. The van der Waals surface area contributed by atoms with Gasteiger partial charge < -0.3 is 14.8 Å². The Kier molecular flexibility index (Phi) is 4.90. The molecule has 0 aliphatic rings. The fourth-order valence-electron chi connectivity index (χ4n) is 1.93. The van der Waals surface area contributed by atoms with Crippen LogP contribution in [-0.2, 0) is 13.1 Å². The van der Waals surface area contributed by atoms with Gasteiger partial charge in [0, 0.05) is 30.9 Å². The molecule has 0 spiro atoms. The molecular formula is C15H17FN2O2. The molecule has 1 aromatic heterocycles. The summed E-state index contributed by atoms with van der Waals surface area (Å²) >= 11 is 0. The van der Waals surface area contributed by atoms with Crippen LogP contribution in [0, 0.1) is 5.82 Å². The van der Waals surface area contributed by atoms with Crippen LogP contribution in [0.15, 0.2) is 36.5 Å². The molecule has 0 unspecified atom stereocenters. The van der Waals surface area contributed by atoms with Crippen molar-refractivity contribution in [2.75, 3.05) is 14.2 Å². The Balaban J connectivity index is 2.03. The fraction of sp³-hybridized carbons (Fsp3) is 0.267. The number of nitrogens with zero attached hydrogens (tertiary/aromatic N) is 1. The standard InChI is InChI=1S/C15H17FN2O2/c1-19-14-7-8-18-13(15(14)20-2)10-17-9-11-5-3-4-6-12(11)16/h3-8,17H,9-10H2,1-2H3. The summed E-state index contributed by atoms with van der Waals surface area (Å²) in [5, 5.41) is 3.15. The molecule has 5 heteroatoms. The van der Waals surface area contributed by atoms with Crippen LogP contribution in [0.1, 0.15) is 11.3 Å². The topological polar surface area (TPSA) is 43.4 Å². The number of rotatable bonds is 6. The molecule has 0 bridgehead atoms. The lowest BCUT2D eigenvalue weighted by Gasteiger charge is -2.12. The monoisotopic (exact) mass is 276 g/mol. The average molecular weight is 276 g/mol. The third-order valence-corrected chi connectivity index (χ3v) is 2.93. The summed E-state index contributed by atoms with van der Waals surface area (Å²) in [4.78, 5) is 4.25. The van der Waals surface area contributed by atoms with E-state index in [9.17, 15) is 4.39 Å². The quantitative estimate of drug-likeness (QED) is 0.880. The van der Waals surface area contributed by atoms with Gasteiger partial charge >= 0.3 is 0 Å². The highest BCUT2D eigenvalue weighted by molar-refractivity contribution is 5.42. The van der Waals surface area contributed by atoms with Crippen molar-refractivity contribution in [1.82, 2.24) is 10.3 Å². The van der Waals surface area contributed by atoms with Crippen LogP contribution < -0.4 is 14.8 Å². The summed E-state index contributed by atoms with van der Waals surface area (Å²) in [6.07, 6.45) is 1.65. The molecule has 1 N–H and O–H groups in total. The number of methoxy groups -OCH3 is 2. The van der Waals surface area contributed by atoms with Crippen molar-refractivity contribution in [3.63, 3.8) is 0 Å². The number of nitrogens with one attached hydrogen (secondary N) is 1. The predicted octanol–water partition coefficient (Wildman–Crippen LogP) is 2.53. The second kappa shape index (κ2) is 6.86. The number of pyridine rings is 1. The molecule has 0 saturated carbocycles. The summed E-state index contributed by atoms with van der Waals surface area (Å²) in [7, 11) is 3.15. The highest BCUT2D eigenvalue weighted by Crippen LogP contribution is 2.28. The van der Waals surface area contributed by atoms with E-state index in [1.807, 2.05) is 6.07 Å². The zero-order chi connectivity index (χ0) is 14.4. The molecule has 1 heterocycles. The largest absolute Gasteiger partial charge is 0.493 e. The van der Waals surface area contributed by atoms with Crippen molar-refractivity contribution in [1.29, 1.82) is 0 Å². The zero-order valence-corrected chi connectivity index (χ0v) is 11.5. The minimum absolute atomic E-state index is 0.217. The van der Waals surface area contributed by atoms with Crippen molar-refractivity contribution in [3.8, 4) is 11.5 Å². The number of halogens is 1. The van der Waals surface area contributed by atoms with E-state index < -0.39 is 0 Å². The molecule has 0 fully saturated rings. The minimum atomic E-state index is -0.217. The van der Waals surface area contributed by atoms with Crippen LogP contribution in [0.4, 0.5) is 4.39 Å². The molecule has 4 nitrogen and oxygen atoms in total. The van der Waals surface area contributed by atoms with Crippen molar-refractivity contribution < 1.29 is 13.9 Å². The number of ether oxygens (including phenoxy) is 2. The summed E-state index contributed by atoms with van der Waals surface area (Å²) < 4.78 is 24.0. The van der Waals surface area contributed by atoms with Crippen LogP contribution in [0.5, 0.6) is 11.5 Å². The first kappa shape index (κ1) is 14.3. The Morgan fingerprint density at radius 2 is 1.90 bits per heavy atom. The zero-order valence-electron chi connectivity index (χ0n) is 11.5. The van der Waals surface area contributed by atoms with Crippen molar-refractivity contribution in [2.24, 2.45) is 0 Å². The first-order valence-corrected chi connectivity index (χ1v) is 6.26. The SMILES string of the molecule is COc1ccnc(CNCc2ccccc2F)c1OC. The van der Waals surface area contributed by atoms with E-state index in [0.29, 0.717) is 30.2 Å². The highest BCUT2D eigenvalue weighted by Gasteiger charge is 2.10. The van der Waals surface area contributed by atoms with Gasteiger partial charge in [-0.15, -0.1) is 0 Å². The van der Waals surface area contributed by atoms with Crippen molar-refractivity contribution in [2.45, 2.75) is 13.1 Å². The molecule has 0 amide bonds. The molecule has 0 radical (unpaired) electrons. The van der Waals surface area contributed by atoms with Gasteiger partial charge in [-0.05, 0) is 6.07 Å². The van der Waals surface area contributed by atoms with E-state index in [4.69, 9.17) is 9.47 Å². The van der Waals surface area contributed by atoms with Gasteiger partial charge in [-0.2, -0.15) is 0 Å². The summed E-state index contributed by atoms with van der Waals surface area (Å²) in [6, 6.07) is 8.41. The molecule has 2 aromatic rings. The molecule has 106 valence electrons. The Hall–Kier alpha value is -2.14. The molecule has 0 aliphatic heterocycles. The maximum atomic E-state index is 13.5. The Bertz CT molecular complexity index is 576. The predicted molar refractivity (Wildman–Crippen MR) is 74.3 cm³/mol. The van der Waals surface area contributed by atoms with Crippen molar-refractivity contribution >= 4 is 0 Å². The molecule has 20 heavy (non-hydrogen) atoms. The molecule has 0 aliphatic carbocycles. The average Bonchev–Trinajstić information content (AvgIpc) is 2.48. The van der Waals surface area contributed by atoms with Crippen LogP contribution in [0.2, 0.25) is 0 Å². The smallest absolute Gasteiger partial charge is 0.183 e. The van der Waals surface area contributed by atoms with Gasteiger partial charge in [0.1, 0.15) is 5.82 Å². The molecule has 2 rings (SSSR count). The van der Waals surface area contributed by atoms with E-state index in [0.717, 1.165) is 5.69 Å². The first-order chi connectivity index (χ1) is 9.76. The number of hydrogen-bond acceptors (Lipinski definition) is 4. The third-order valence-electron chi connectivity index (χ3n) is 2.93. The van der Waals surface area contributed by atoms with E-state index in [2.05, 4.69) is 10.3 Å². The van der Waals surface area contributed by atoms with Gasteiger partial charge in [-0.3, -0.25) is 4.98 Å². The molecular weight excluding hydrogens is 259 g/mol. The fourth-order valence-corrected chi connectivity index (χ4v) is 1.93.